The van der Waals surface area contributed by atoms with Crippen molar-refractivity contribution in [3.63, 3.8) is 0 Å². The Balaban J connectivity index is 3.85. The summed E-state index contributed by atoms with van der Waals surface area (Å²) >= 11 is 0. The van der Waals surface area contributed by atoms with Crippen LogP contribution in [0.3, 0.4) is 0 Å². The number of aliphatic hydroxyl groups excluding tert-OH is 1. The molecule has 3 nitrogen and oxygen atoms in total. The fraction of sp³-hybridized carbons (Fsp3) is 0.857. The van der Waals surface area contributed by atoms with Crippen molar-refractivity contribution >= 4 is 5.78 Å². The summed E-state index contributed by atoms with van der Waals surface area (Å²) in [5.41, 5.74) is 0. The van der Waals surface area contributed by atoms with Gasteiger partial charge in [0, 0.05) is 0 Å². The molecule has 0 aliphatic rings. The topological polar surface area (TPSA) is 49.3 Å². The van der Waals surface area contributed by atoms with Gasteiger partial charge in [0.15, 0.2) is 0 Å². The predicted molar refractivity (Wildman–Crippen MR) is 39.8 cm³/mol. The maximum atomic E-state index is 10.8. The van der Waals surface area contributed by atoms with Crippen LogP contribution in [0.2, 0.25) is 0 Å². The van der Waals surface area contributed by atoms with Crippen molar-refractivity contribution in [3.8, 4) is 0 Å². The van der Waals surface area contributed by atoms with Gasteiger partial charge in [0.2, 0.25) is 0 Å². The molecule has 0 aromatic rings. The van der Waals surface area contributed by atoms with Crippen molar-refractivity contribution < 1.29 is 9.90 Å². The smallest absolute Gasteiger partial charge is 0.149 e. The molecule has 0 aromatic heterocycles. The maximum Gasteiger partial charge on any atom is 0.149 e. The zero-order valence-corrected chi connectivity index (χ0v) is 6.72. The lowest BCUT2D eigenvalue weighted by molar-refractivity contribution is -0.121. The van der Waals surface area contributed by atoms with Crippen LogP contribution >= 0.6 is 0 Å². The predicted octanol–water partition coefficient (Wildman–Crippen LogP) is -0.0657. The first-order valence-electron chi connectivity index (χ1n) is 3.51. The summed E-state index contributed by atoms with van der Waals surface area (Å²) in [6.07, 6.45) is -0.600. The highest BCUT2D eigenvalue weighted by atomic mass is 16.3. The van der Waals surface area contributed by atoms with E-state index in [-0.39, 0.29) is 5.78 Å². The largest absolute Gasteiger partial charge is 0.391 e. The number of hydrogen-bond acceptors (Lipinski definition) is 3. The fourth-order valence-electron chi connectivity index (χ4n) is 0.874. The minimum Gasteiger partial charge on any atom is -0.391 e. The van der Waals surface area contributed by atoms with Gasteiger partial charge in [-0.1, -0.05) is 6.92 Å². The molecule has 60 valence electrons. The monoisotopic (exact) mass is 145 g/mol. The van der Waals surface area contributed by atoms with Crippen molar-refractivity contribution in [2.75, 3.05) is 6.54 Å². The van der Waals surface area contributed by atoms with E-state index in [1.807, 2.05) is 6.92 Å². The molecule has 0 bridgehead atoms. The number of aliphatic hydroxyl groups is 1. The zero-order valence-electron chi connectivity index (χ0n) is 6.72. The first kappa shape index (κ1) is 9.59. The molecular formula is C7H15NO2. The average Bonchev–Trinajstić information content (AvgIpc) is 1.81. The Morgan fingerprint density at radius 1 is 1.70 bits per heavy atom. The summed E-state index contributed by atoms with van der Waals surface area (Å²) in [6.45, 7) is 5.68. The SMILES string of the molecule is CCNC(C(C)=O)C(C)O. The Morgan fingerprint density at radius 2 is 2.20 bits per heavy atom. The third kappa shape index (κ3) is 2.94. The number of likely N-dealkylation sites (N-methyl/N-ethyl adjacent to an activating group) is 1. The lowest BCUT2D eigenvalue weighted by atomic mass is 10.1. The van der Waals surface area contributed by atoms with Crippen LogP contribution in [0.4, 0.5) is 0 Å². The molecule has 0 heterocycles. The third-order valence-corrected chi connectivity index (χ3v) is 1.34. The number of carbonyl (C=O) groups is 1. The van der Waals surface area contributed by atoms with E-state index >= 15 is 0 Å². The molecule has 10 heavy (non-hydrogen) atoms. The zero-order chi connectivity index (χ0) is 8.15. The van der Waals surface area contributed by atoms with Gasteiger partial charge in [-0.05, 0) is 20.4 Å². The Bertz CT molecular complexity index is 112. The van der Waals surface area contributed by atoms with Crippen LogP contribution < -0.4 is 5.32 Å². The van der Waals surface area contributed by atoms with E-state index in [0.29, 0.717) is 6.54 Å². The molecule has 0 radical (unpaired) electrons. The van der Waals surface area contributed by atoms with Crippen molar-refractivity contribution in [1.29, 1.82) is 0 Å². The van der Waals surface area contributed by atoms with Crippen LogP contribution in [-0.4, -0.2) is 29.6 Å². The lowest BCUT2D eigenvalue weighted by Crippen LogP contribution is -2.43. The van der Waals surface area contributed by atoms with Crippen LogP contribution in [0.1, 0.15) is 20.8 Å². The van der Waals surface area contributed by atoms with Crippen LogP contribution in [0, 0.1) is 0 Å². The van der Waals surface area contributed by atoms with Gasteiger partial charge in [-0.2, -0.15) is 0 Å². The van der Waals surface area contributed by atoms with E-state index in [1.54, 1.807) is 6.92 Å². The van der Waals surface area contributed by atoms with E-state index < -0.39 is 12.1 Å². The second-order valence-electron chi connectivity index (χ2n) is 2.39. The van der Waals surface area contributed by atoms with E-state index in [9.17, 15) is 4.79 Å². The van der Waals surface area contributed by atoms with Crippen molar-refractivity contribution in [2.24, 2.45) is 0 Å². The number of ketones is 1. The summed E-state index contributed by atoms with van der Waals surface area (Å²) in [5.74, 6) is -0.0168. The molecule has 0 fully saturated rings. The molecule has 0 rings (SSSR count). The van der Waals surface area contributed by atoms with Gasteiger partial charge in [-0.3, -0.25) is 4.79 Å². The molecular weight excluding hydrogens is 130 g/mol. The highest BCUT2D eigenvalue weighted by Crippen LogP contribution is 1.92. The Kier molecular flexibility index (Phi) is 4.23. The number of nitrogens with one attached hydrogen (secondary N) is 1. The molecule has 3 heteroatoms. The highest BCUT2D eigenvalue weighted by Gasteiger charge is 2.17. The van der Waals surface area contributed by atoms with Crippen LogP contribution in [-0.2, 0) is 4.79 Å². The second-order valence-corrected chi connectivity index (χ2v) is 2.39. The Labute approximate surface area is 61.4 Å². The van der Waals surface area contributed by atoms with Gasteiger partial charge in [-0.25, -0.2) is 0 Å². The van der Waals surface area contributed by atoms with Gasteiger partial charge in [-0.15, -0.1) is 0 Å². The first-order valence-corrected chi connectivity index (χ1v) is 3.51. The maximum absolute atomic E-state index is 10.8. The van der Waals surface area contributed by atoms with Crippen LogP contribution in [0.5, 0.6) is 0 Å². The van der Waals surface area contributed by atoms with E-state index in [1.165, 1.54) is 6.92 Å². The average molecular weight is 145 g/mol. The number of hydrogen-bond donors (Lipinski definition) is 2. The first-order chi connectivity index (χ1) is 4.59. The number of rotatable bonds is 4. The quantitative estimate of drug-likeness (QED) is 0.582. The van der Waals surface area contributed by atoms with E-state index in [2.05, 4.69) is 5.32 Å². The minimum atomic E-state index is -0.600. The molecule has 2 unspecified atom stereocenters. The van der Waals surface area contributed by atoms with Gasteiger partial charge < -0.3 is 10.4 Å². The molecule has 0 saturated heterocycles. The molecule has 2 atom stereocenters. The standard InChI is InChI=1S/C7H15NO2/c1-4-8-7(5(2)9)6(3)10/h5,7-9H,4H2,1-3H3. The summed E-state index contributed by atoms with van der Waals surface area (Å²) in [4.78, 5) is 10.8. The summed E-state index contributed by atoms with van der Waals surface area (Å²) in [6, 6.07) is -0.398. The van der Waals surface area contributed by atoms with Gasteiger partial charge in [0.05, 0.1) is 12.1 Å². The summed E-state index contributed by atoms with van der Waals surface area (Å²) in [7, 11) is 0. The molecule has 0 aromatic carbocycles. The van der Waals surface area contributed by atoms with Gasteiger partial charge in [0.1, 0.15) is 5.78 Å². The third-order valence-electron chi connectivity index (χ3n) is 1.34. The van der Waals surface area contributed by atoms with Crippen molar-refractivity contribution in [1.82, 2.24) is 5.32 Å². The summed E-state index contributed by atoms with van der Waals surface area (Å²) < 4.78 is 0. The second kappa shape index (κ2) is 4.41. The van der Waals surface area contributed by atoms with Crippen LogP contribution in [0.25, 0.3) is 0 Å². The molecule has 0 amide bonds. The fourth-order valence-corrected chi connectivity index (χ4v) is 0.874. The molecule has 2 N–H and O–H groups in total. The number of Topliss-reactive ketones (excluding diaryl/α,β-unsaturated/α-hetero) is 1. The normalized spacial score (nSPS) is 16.4. The van der Waals surface area contributed by atoms with E-state index in [0.717, 1.165) is 0 Å². The van der Waals surface area contributed by atoms with E-state index in [4.69, 9.17) is 5.11 Å². The van der Waals surface area contributed by atoms with Crippen molar-refractivity contribution in [3.05, 3.63) is 0 Å². The van der Waals surface area contributed by atoms with Gasteiger partial charge in [0.25, 0.3) is 0 Å². The molecule has 0 aliphatic carbocycles. The molecule has 0 saturated carbocycles. The summed E-state index contributed by atoms with van der Waals surface area (Å²) in [5, 5.41) is 11.9. The van der Waals surface area contributed by atoms with Crippen molar-refractivity contribution in [2.45, 2.75) is 32.9 Å². The van der Waals surface area contributed by atoms with Crippen LogP contribution in [0.15, 0.2) is 0 Å². The van der Waals surface area contributed by atoms with Gasteiger partial charge >= 0.3 is 0 Å². The lowest BCUT2D eigenvalue weighted by Gasteiger charge is -2.16. The minimum absolute atomic E-state index is 0.0168. The molecule has 0 aliphatic heterocycles. The number of carbonyl (C=O) groups excluding carboxylic acids is 1. The molecule has 0 spiro atoms. The highest BCUT2D eigenvalue weighted by molar-refractivity contribution is 5.81. The Morgan fingerprint density at radius 3 is 2.30 bits per heavy atom. The Hall–Kier alpha value is -0.410.